The van der Waals surface area contributed by atoms with Crippen LogP contribution in [-0.2, 0) is 9.47 Å². The molecule has 0 aromatic heterocycles. The molecule has 0 fully saturated rings. The van der Waals surface area contributed by atoms with E-state index in [0.29, 0.717) is 19.8 Å². The Balaban J connectivity index is 2.75. The van der Waals surface area contributed by atoms with E-state index in [1.165, 1.54) is 6.92 Å². The van der Waals surface area contributed by atoms with Crippen molar-refractivity contribution >= 4 is 0 Å². The van der Waals surface area contributed by atoms with Crippen molar-refractivity contribution in [3.8, 4) is 0 Å². The van der Waals surface area contributed by atoms with E-state index >= 15 is 0 Å². The summed E-state index contributed by atoms with van der Waals surface area (Å²) in [5, 5.41) is 8.49. The van der Waals surface area contributed by atoms with Crippen molar-refractivity contribution in [2.24, 2.45) is 0 Å². The first-order chi connectivity index (χ1) is 4.27. The van der Waals surface area contributed by atoms with E-state index in [4.69, 9.17) is 14.6 Å². The molecule has 1 N–H and O–H groups in total. The highest BCUT2D eigenvalue weighted by atomic mass is 16.6. The summed E-state index contributed by atoms with van der Waals surface area (Å²) in [4.78, 5) is 0. The van der Waals surface area contributed by atoms with Gasteiger partial charge in [-0.15, -0.1) is 0 Å². The van der Waals surface area contributed by atoms with Crippen molar-refractivity contribution in [1.29, 1.82) is 0 Å². The summed E-state index contributed by atoms with van der Waals surface area (Å²) in [6.45, 7) is 5.06. The molecule has 1 radical (unpaired) electrons. The molecule has 0 aliphatic heterocycles. The first-order valence-electron chi connectivity index (χ1n) is 3.00. The van der Waals surface area contributed by atoms with Gasteiger partial charge < -0.3 is 14.6 Å². The maximum absolute atomic E-state index is 8.49. The molecule has 3 heteroatoms. The van der Waals surface area contributed by atoms with Crippen LogP contribution in [0.1, 0.15) is 13.8 Å². The van der Waals surface area contributed by atoms with E-state index in [1.54, 1.807) is 0 Å². The minimum absolute atomic E-state index is 0.00490. The van der Waals surface area contributed by atoms with Gasteiger partial charge in [0.25, 0.3) is 0 Å². The van der Waals surface area contributed by atoms with Gasteiger partial charge in [-0.3, -0.25) is 0 Å². The smallest absolute Gasteiger partial charge is 0.217 e. The Kier molecular flexibility index (Phi) is 5.93. The molecule has 0 spiro atoms. The van der Waals surface area contributed by atoms with Crippen LogP contribution in [0, 0.1) is 6.29 Å². The summed E-state index contributed by atoms with van der Waals surface area (Å²) in [7, 11) is 0. The molecule has 0 aliphatic rings. The largest absolute Gasteiger partial charge is 0.379 e. The lowest BCUT2D eigenvalue weighted by Crippen LogP contribution is -2.06. The number of aliphatic hydroxyl groups excluding tert-OH is 1. The highest BCUT2D eigenvalue weighted by Crippen LogP contribution is 1.91. The molecule has 0 saturated carbocycles. The first kappa shape index (κ1) is 8.88. The van der Waals surface area contributed by atoms with Gasteiger partial charge in [-0.1, -0.05) is 0 Å². The summed E-state index contributed by atoms with van der Waals surface area (Å²) in [6.07, 6.45) is -0.00490. The summed E-state index contributed by atoms with van der Waals surface area (Å²) in [5.74, 6) is 0. The predicted molar refractivity (Wildman–Crippen MR) is 33.3 cm³/mol. The second-order valence-electron chi connectivity index (χ2n) is 1.56. The van der Waals surface area contributed by atoms with Crippen LogP contribution in [0.15, 0.2) is 0 Å². The van der Waals surface area contributed by atoms with Crippen molar-refractivity contribution in [3.05, 3.63) is 6.29 Å². The Morgan fingerprint density at radius 3 is 2.56 bits per heavy atom. The van der Waals surface area contributed by atoms with E-state index in [-0.39, 0.29) is 6.29 Å². The van der Waals surface area contributed by atoms with Gasteiger partial charge in [0.15, 0.2) is 0 Å². The van der Waals surface area contributed by atoms with Gasteiger partial charge in [-0.25, -0.2) is 0 Å². The number of hydrogen-bond acceptors (Lipinski definition) is 3. The van der Waals surface area contributed by atoms with Crippen LogP contribution >= 0.6 is 0 Å². The van der Waals surface area contributed by atoms with Crippen molar-refractivity contribution in [1.82, 2.24) is 0 Å². The van der Waals surface area contributed by atoms with Crippen LogP contribution in [0.2, 0.25) is 0 Å². The molecule has 0 rings (SSSR count). The zero-order valence-electron chi connectivity index (χ0n) is 5.89. The molecule has 55 valence electrons. The standard InChI is InChI=1S/C6H13O3/c1-3-8-4-5-9-6(2)7/h7H,3-5H2,1-2H3. The molecule has 0 atom stereocenters. The third kappa shape index (κ3) is 7.88. The predicted octanol–water partition coefficient (Wildman–Crippen LogP) is 0.921. The van der Waals surface area contributed by atoms with E-state index < -0.39 is 0 Å². The fraction of sp³-hybridized carbons (Fsp3) is 0.833. The normalized spacial score (nSPS) is 10.7. The molecule has 0 bridgehead atoms. The maximum Gasteiger partial charge on any atom is 0.217 e. The molecule has 3 nitrogen and oxygen atoms in total. The third-order valence-electron chi connectivity index (χ3n) is 0.743. The second kappa shape index (κ2) is 6.01. The minimum atomic E-state index is -0.00490. The van der Waals surface area contributed by atoms with Gasteiger partial charge in [0.1, 0.15) is 0 Å². The van der Waals surface area contributed by atoms with Crippen molar-refractivity contribution in [3.63, 3.8) is 0 Å². The quantitative estimate of drug-likeness (QED) is 0.567. The molecule has 0 unspecified atom stereocenters. The fourth-order valence-electron chi connectivity index (χ4n) is 0.393. The molecule has 0 amide bonds. The Labute approximate surface area is 55.6 Å². The first-order valence-corrected chi connectivity index (χ1v) is 3.00. The summed E-state index contributed by atoms with van der Waals surface area (Å²) in [6, 6.07) is 0. The minimum Gasteiger partial charge on any atom is -0.379 e. The number of aliphatic hydroxyl groups is 1. The maximum atomic E-state index is 8.49. The highest BCUT2D eigenvalue weighted by molar-refractivity contribution is 4.46. The van der Waals surface area contributed by atoms with Gasteiger partial charge in [-0.2, -0.15) is 0 Å². The van der Waals surface area contributed by atoms with Gasteiger partial charge in [0.05, 0.1) is 13.2 Å². The van der Waals surface area contributed by atoms with Gasteiger partial charge >= 0.3 is 0 Å². The summed E-state index contributed by atoms with van der Waals surface area (Å²) >= 11 is 0. The van der Waals surface area contributed by atoms with Crippen molar-refractivity contribution < 1.29 is 14.6 Å². The van der Waals surface area contributed by atoms with E-state index in [1.807, 2.05) is 6.92 Å². The van der Waals surface area contributed by atoms with Crippen molar-refractivity contribution in [2.45, 2.75) is 13.8 Å². The SMILES string of the molecule is CCOCCO[C](C)O. The Hall–Kier alpha value is -0.120. The third-order valence-corrected chi connectivity index (χ3v) is 0.743. The fourth-order valence-corrected chi connectivity index (χ4v) is 0.393. The average molecular weight is 133 g/mol. The molecule has 0 aliphatic carbocycles. The molecular weight excluding hydrogens is 120 g/mol. The Bertz CT molecular complexity index is 54.3. The van der Waals surface area contributed by atoms with Gasteiger partial charge in [-0.05, 0) is 13.8 Å². The molecular formula is C6H13O3. The van der Waals surface area contributed by atoms with Gasteiger partial charge in [0, 0.05) is 6.61 Å². The average Bonchev–Trinajstić information content (AvgIpc) is 1.80. The van der Waals surface area contributed by atoms with Crippen LogP contribution in [0.5, 0.6) is 0 Å². The molecule has 0 aromatic carbocycles. The lowest BCUT2D eigenvalue weighted by molar-refractivity contribution is -0.0143. The zero-order valence-corrected chi connectivity index (χ0v) is 5.89. The Morgan fingerprint density at radius 1 is 1.44 bits per heavy atom. The second-order valence-corrected chi connectivity index (χ2v) is 1.56. The van der Waals surface area contributed by atoms with Crippen LogP contribution in [-0.4, -0.2) is 24.9 Å². The molecule has 0 aromatic rings. The van der Waals surface area contributed by atoms with Gasteiger partial charge in [0.2, 0.25) is 6.29 Å². The lowest BCUT2D eigenvalue weighted by atomic mass is 10.7. The van der Waals surface area contributed by atoms with Crippen LogP contribution < -0.4 is 0 Å². The lowest BCUT2D eigenvalue weighted by Gasteiger charge is -2.03. The van der Waals surface area contributed by atoms with Crippen LogP contribution in [0.25, 0.3) is 0 Å². The number of rotatable bonds is 5. The van der Waals surface area contributed by atoms with E-state index in [0.717, 1.165) is 0 Å². The van der Waals surface area contributed by atoms with E-state index in [9.17, 15) is 0 Å². The van der Waals surface area contributed by atoms with Crippen LogP contribution in [0.3, 0.4) is 0 Å². The molecule has 0 heterocycles. The zero-order chi connectivity index (χ0) is 7.11. The number of hydrogen-bond donors (Lipinski definition) is 1. The summed E-state index contributed by atoms with van der Waals surface area (Å²) in [5.41, 5.74) is 0. The monoisotopic (exact) mass is 133 g/mol. The molecule has 9 heavy (non-hydrogen) atoms. The van der Waals surface area contributed by atoms with Crippen LogP contribution in [0.4, 0.5) is 0 Å². The topological polar surface area (TPSA) is 38.7 Å². The Morgan fingerprint density at radius 2 is 2.11 bits per heavy atom. The van der Waals surface area contributed by atoms with Crippen molar-refractivity contribution in [2.75, 3.05) is 19.8 Å². The van der Waals surface area contributed by atoms with E-state index in [2.05, 4.69) is 0 Å². The number of ether oxygens (including phenoxy) is 2. The molecule has 0 saturated heterocycles. The summed E-state index contributed by atoms with van der Waals surface area (Å²) < 4.78 is 9.63. The highest BCUT2D eigenvalue weighted by Gasteiger charge is 1.93.